The molecule has 3 aromatic rings. The van der Waals surface area contributed by atoms with E-state index < -0.39 is 52.9 Å². The molecule has 8 nitrogen and oxygen atoms in total. The van der Waals surface area contributed by atoms with Crippen molar-refractivity contribution in [3.8, 4) is 0 Å². The van der Waals surface area contributed by atoms with Gasteiger partial charge in [-0.2, -0.15) is 0 Å². The van der Waals surface area contributed by atoms with E-state index in [1.54, 1.807) is 31.2 Å². The van der Waals surface area contributed by atoms with Crippen molar-refractivity contribution >= 4 is 35.0 Å². The Balaban J connectivity index is 1.46. The van der Waals surface area contributed by atoms with E-state index in [0.717, 1.165) is 16.9 Å². The van der Waals surface area contributed by atoms with E-state index in [1.807, 2.05) is 31.2 Å². The van der Waals surface area contributed by atoms with Crippen LogP contribution in [0.25, 0.3) is 0 Å². The summed E-state index contributed by atoms with van der Waals surface area (Å²) in [6, 6.07) is 19.7. The smallest absolute Gasteiger partial charge is 0.338 e. The summed E-state index contributed by atoms with van der Waals surface area (Å²) in [5.74, 6) is -5.40. The maximum atomic E-state index is 14.0. The Kier molecular flexibility index (Phi) is 5.80. The number of nitrogens with zero attached hydrogens (tertiary/aromatic N) is 1. The van der Waals surface area contributed by atoms with Gasteiger partial charge >= 0.3 is 5.97 Å². The Bertz CT molecular complexity index is 1500. The highest BCUT2D eigenvalue weighted by molar-refractivity contribution is 6.37. The number of ether oxygens (including phenoxy) is 2. The van der Waals surface area contributed by atoms with Crippen LogP contribution in [-0.4, -0.2) is 41.6 Å². The molecule has 196 valence electrons. The van der Waals surface area contributed by atoms with E-state index >= 15 is 0 Å². The third-order valence-electron chi connectivity index (χ3n) is 7.87. The van der Waals surface area contributed by atoms with Gasteiger partial charge in [-0.25, -0.2) is 9.69 Å². The number of rotatable bonds is 5. The monoisotopic (exact) mass is 523 g/mol. The van der Waals surface area contributed by atoms with Gasteiger partial charge in [0.2, 0.25) is 29.0 Å². The molecule has 3 atom stereocenters. The van der Waals surface area contributed by atoms with Crippen LogP contribution in [-0.2, 0) is 25.5 Å². The largest absolute Gasteiger partial charge is 0.462 e. The first-order valence-electron chi connectivity index (χ1n) is 12.9. The van der Waals surface area contributed by atoms with Crippen LogP contribution in [0.3, 0.4) is 0 Å². The lowest BCUT2D eigenvalue weighted by Crippen LogP contribution is -2.51. The molecule has 0 aromatic heterocycles. The number of ketones is 2. The molecule has 0 saturated carbocycles. The number of carbonyl (C=O) groups is 5. The zero-order valence-corrected chi connectivity index (χ0v) is 21.4. The zero-order chi connectivity index (χ0) is 27.5. The van der Waals surface area contributed by atoms with Gasteiger partial charge < -0.3 is 9.47 Å². The van der Waals surface area contributed by atoms with E-state index in [2.05, 4.69) is 0 Å². The normalized spacial score (nSPS) is 22.9. The second kappa shape index (κ2) is 9.10. The van der Waals surface area contributed by atoms with Crippen LogP contribution < -0.4 is 4.90 Å². The molecule has 3 aliphatic rings. The molecule has 0 unspecified atom stereocenters. The molecule has 1 spiro atoms. The summed E-state index contributed by atoms with van der Waals surface area (Å²) < 4.78 is 11.3. The summed E-state index contributed by atoms with van der Waals surface area (Å²) >= 11 is 0. The molecular weight excluding hydrogens is 498 g/mol. The average molecular weight is 524 g/mol. The van der Waals surface area contributed by atoms with Gasteiger partial charge in [0.25, 0.3) is 0 Å². The summed E-state index contributed by atoms with van der Waals surface area (Å²) in [5, 5.41) is 0. The fraction of sp³-hybridized carbons (Fsp3) is 0.258. The average Bonchev–Trinajstić information content (AvgIpc) is 3.53. The maximum Gasteiger partial charge on any atom is 0.338 e. The van der Waals surface area contributed by atoms with Gasteiger partial charge in [-0.3, -0.25) is 19.2 Å². The van der Waals surface area contributed by atoms with Crippen LogP contribution in [0.15, 0.2) is 72.8 Å². The lowest BCUT2D eigenvalue weighted by molar-refractivity contribution is -0.127. The van der Waals surface area contributed by atoms with Crippen molar-refractivity contribution in [3.05, 3.63) is 101 Å². The van der Waals surface area contributed by atoms with E-state index in [-0.39, 0.29) is 29.0 Å². The van der Waals surface area contributed by atoms with Crippen molar-refractivity contribution in [1.29, 1.82) is 0 Å². The summed E-state index contributed by atoms with van der Waals surface area (Å²) in [7, 11) is 0. The second-order valence-electron chi connectivity index (χ2n) is 9.86. The van der Waals surface area contributed by atoms with Crippen LogP contribution in [0.5, 0.6) is 0 Å². The number of fused-ring (bicyclic) bond motifs is 3. The van der Waals surface area contributed by atoms with Gasteiger partial charge in [-0.05, 0) is 48.7 Å². The molecule has 2 heterocycles. The van der Waals surface area contributed by atoms with Crippen molar-refractivity contribution in [2.24, 2.45) is 11.8 Å². The molecule has 2 amide bonds. The molecule has 6 rings (SSSR count). The van der Waals surface area contributed by atoms with Gasteiger partial charge in [0.1, 0.15) is 0 Å². The van der Waals surface area contributed by atoms with Crippen LogP contribution in [0.4, 0.5) is 5.69 Å². The fourth-order valence-corrected chi connectivity index (χ4v) is 5.98. The summed E-state index contributed by atoms with van der Waals surface area (Å²) in [5.41, 5.74) is 0.413. The van der Waals surface area contributed by atoms with Gasteiger partial charge in [0.15, 0.2) is 0 Å². The molecular formula is C31H25NO7. The molecule has 0 radical (unpaired) electrons. The molecule has 39 heavy (non-hydrogen) atoms. The molecule has 0 bridgehead atoms. The fourth-order valence-electron chi connectivity index (χ4n) is 5.98. The summed E-state index contributed by atoms with van der Waals surface area (Å²) in [4.78, 5) is 68.8. The van der Waals surface area contributed by atoms with Gasteiger partial charge in [-0.1, -0.05) is 55.5 Å². The minimum absolute atomic E-state index is 0.181. The van der Waals surface area contributed by atoms with Gasteiger partial charge in [0.05, 0.1) is 35.8 Å². The van der Waals surface area contributed by atoms with Crippen LogP contribution >= 0.6 is 0 Å². The predicted molar refractivity (Wildman–Crippen MR) is 139 cm³/mol. The topological polar surface area (TPSA) is 107 Å². The van der Waals surface area contributed by atoms with E-state index in [1.165, 1.54) is 24.3 Å². The standard InChI is InChI=1S/C31H25NO7/c1-3-17-9-11-18(12-10-17)25-23-24(31(39-25)26(33)21-7-5-6-8-22(21)27(31)34)29(36)32(28(23)35)20-15-13-19(14-16-20)30(37)38-4-2/h5-16,23-25H,3-4H2,1-2H3/t23-,24+,25+/m1/s1. The number of hydrogen-bond donors (Lipinski definition) is 0. The highest BCUT2D eigenvalue weighted by atomic mass is 16.5. The SMILES string of the molecule is CCOC(=O)c1ccc(N2C(=O)[C@@H]3[C@@H](C2=O)C2(O[C@H]3c3ccc(CC)cc3)C(=O)c3ccccc3C2=O)cc1. The van der Waals surface area contributed by atoms with Gasteiger partial charge in [-0.15, -0.1) is 0 Å². The number of Topliss-reactive ketones (excluding diaryl/α,β-unsaturated/α-hetero) is 2. The number of esters is 1. The molecule has 3 aromatic carbocycles. The number of carbonyl (C=O) groups excluding carboxylic acids is 5. The van der Waals surface area contributed by atoms with Crippen molar-refractivity contribution in [2.75, 3.05) is 11.5 Å². The third kappa shape index (κ3) is 3.44. The molecule has 2 aliphatic heterocycles. The summed E-state index contributed by atoms with van der Waals surface area (Å²) in [6.45, 7) is 3.92. The number of hydrogen-bond acceptors (Lipinski definition) is 7. The second-order valence-corrected chi connectivity index (χ2v) is 9.86. The van der Waals surface area contributed by atoms with Crippen LogP contribution in [0, 0.1) is 11.8 Å². The van der Waals surface area contributed by atoms with Crippen molar-refractivity contribution in [3.63, 3.8) is 0 Å². The number of aryl methyl sites for hydroxylation is 1. The Morgan fingerprint density at radius 2 is 1.46 bits per heavy atom. The molecule has 8 heteroatoms. The molecule has 2 saturated heterocycles. The Labute approximate surface area is 224 Å². The molecule has 0 N–H and O–H groups in total. The predicted octanol–water partition coefficient (Wildman–Crippen LogP) is 4.12. The Hall–Kier alpha value is -4.43. The number of amides is 2. The quantitative estimate of drug-likeness (QED) is 0.281. The van der Waals surface area contributed by atoms with Crippen molar-refractivity contribution in [1.82, 2.24) is 0 Å². The van der Waals surface area contributed by atoms with Crippen LogP contribution in [0.1, 0.15) is 62.2 Å². The summed E-state index contributed by atoms with van der Waals surface area (Å²) in [6.07, 6.45) is -0.176. The van der Waals surface area contributed by atoms with Gasteiger partial charge in [0, 0.05) is 11.1 Å². The van der Waals surface area contributed by atoms with Crippen LogP contribution in [0.2, 0.25) is 0 Å². The molecule has 1 aliphatic carbocycles. The van der Waals surface area contributed by atoms with E-state index in [4.69, 9.17) is 9.47 Å². The first-order valence-corrected chi connectivity index (χ1v) is 12.9. The highest BCUT2D eigenvalue weighted by Crippen LogP contribution is 2.57. The lowest BCUT2D eigenvalue weighted by atomic mass is 9.77. The van der Waals surface area contributed by atoms with Crippen molar-refractivity contribution in [2.45, 2.75) is 32.0 Å². The van der Waals surface area contributed by atoms with E-state index in [9.17, 15) is 24.0 Å². The first kappa shape index (κ1) is 24.9. The number of benzene rings is 3. The lowest BCUT2D eigenvalue weighted by Gasteiger charge is -2.27. The third-order valence-corrected chi connectivity index (χ3v) is 7.87. The number of anilines is 1. The molecule has 2 fully saturated rings. The van der Waals surface area contributed by atoms with Crippen molar-refractivity contribution < 1.29 is 33.4 Å². The Morgan fingerprint density at radius 3 is 2.03 bits per heavy atom. The zero-order valence-electron chi connectivity index (χ0n) is 21.4. The van der Waals surface area contributed by atoms with E-state index in [0.29, 0.717) is 5.56 Å². The maximum absolute atomic E-state index is 14.0. The Morgan fingerprint density at radius 1 is 0.846 bits per heavy atom. The minimum atomic E-state index is -2.13. The first-order chi connectivity index (χ1) is 18.8. The number of imide groups is 1. The minimum Gasteiger partial charge on any atom is -0.462 e. The highest BCUT2D eigenvalue weighted by Gasteiger charge is 2.74.